The fraction of sp³-hybridized carbons (Fsp3) is 0.417. The van der Waals surface area contributed by atoms with Crippen LogP contribution in [0.3, 0.4) is 0 Å². The van der Waals surface area contributed by atoms with Crippen molar-refractivity contribution in [3.8, 4) is 0 Å². The molecule has 0 saturated carbocycles. The van der Waals surface area contributed by atoms with Crippen molar-refractivity contribution in [2.24, 2.45) is 11.7 Å². The molecule has 3 aromatic carbocycles. The van der Waals surface area contributed by atoms with Crippen molar-refractivity contribution in [3.05, 3.63) is 106 Å². The number of unbranched alkanes of at least 4 members (excludes halogenated alkanes) is 1. The molecule has 0 bridgehead atoms. The van der Waals surface area contributed by atoms with Gasteiger partial charge in [-0.15, -0.1) is 0 Å². The summed E-state index contributed by atoms with van der Waals surface area (Å²) in [4.78, 5) is 46.3. The van der Waals surface area contributed by atoms with Crippen LogP contribution < -0.4 is 5.73 Å². The molecule has 2 fully saturated rings. The lowest BCUT2D eigenvalue weighted by Crippen LogP contribution is -2.73. The Bertz CT molecular complexity index is 1630. The summed E-state index contributed by atoms with van der Waals surface area (Å²) in [5, 5.41) is 0. The van der Waals surface area contributed by atoms with E-state index in [4.69, 9.17) is 10.5 Å². The molecule has 2 heterocycles. The Labute approximate surface area is 285 Å². The van der Waals surface area contributed by atoms with Gasteiger partial charge in [0, 0.05) is 13.1 Å². The summed E-state index contributed by atoms with van der Waals surface area (Å²) in [5.74, 6) is -1.45. The largest absolute Gasteiger partial charge is 0.444 e. The molecule has 3 aromatic rings. The minimum absolute atomic E-state index is 0.000284. The maximum Gasteiger partial charge on any atom is 0.416 e. The minimum Gasteiger partial charge on any atom is -0.444 e. The molecular weight excluding hydrogens is 666 g/mol. The van der Waals surface area contributed by atoms with Gasteiger partial charge in [-0.05, 0) is 74.0 Å². The van der Waals surface area contributed by atoms with Crippen molar-refractivity contribution < 1.29 is 45.5 Å². The first kappa shape index (κ1) is 36.7. The average molecular weight is 705 g/mol. The number of hydrogen-bond donors (Lipinski definition) is 1. The van der Waals surface area contributed by atoms with Gasteiger partial charge in [0.2, 0.25) is 11.8 Å². The number of amides is 3. The number of piperazine rings is 1. The quantitative estimate of drug-likeness (QED) is 0.191. The van der Waals surface area contributed by atoms with Crippen molar-refractivity contribution in [2.75, 3.05) is 19.6 Å². The second-order valence-electron chi connectivity index (χ2n) is 12.7. The normalized spacial score (nSPS) is 19.8. The van der Waals surface area contributed by atoms with Gasteiger partial charge in [0.05, 0.1) is 23.6 Å². The highest BCUT2D eigenvalue weighted by atomic mass is 19.4. The maximum absolute atomic E-state index is 14.2. The molecule has 0 spiro atoms. The Hall–Kier alpha value is -4.59. The smallest absolute Gasteiger partial charge is 0.416 e. The monoisotopic (exact) mass is 704 g/mol. The molecule has 0 unspecified atom stereocenters. The topological polar surface area (TPSA) is 96.2 Å². The number of carbonyl (C=O) groups excluding carboxylic acids is 3. The van der Waals surface area contributed by atoms with E-state index in [1.807, 2.05) is 61.5 Å². The van der Waals surface area contributed by atoms with Gasteiger partial charge in [-0.3, -0.25) is 14.5 Å². The van der Waals surface area contributed by atoms with Gasteiger partial charge in [-0.1, -0.05) is 60.2 Å². The van der Waals surface area contributed by atoms with Gasteiger partial charge < -0.3 is 20.3 Å². The predicted molar refractivity (Wildman–Crippen MR) is 171 cm³/mol. The maximum atomic E-state index is 14.2. The summed E-state index contributed by atoms with van der Waals surface area (Å²) in [6.07, 6.45) is -10.6. The van der Waals surface area contributed by atoms with Gasteiger partial charge in [0.25, 0.3) is 0 Å². The van der Waals surface area contributed by atoms with Crippen LogP contribution in [0, 0.1) is 12.8 Å². The molecule has 50 heavy (non-hydrogen) atoms. The van der Waals surface area contributed by atoms with E-state index in [0.717, 1.165) is 16.7 Å². The average Bonchev–Trinajstić information content (AvgIpc) is 3.07. The molecule has 2 aliphatic heterocycles. The fourth-order valence-corrected chi connectivity index (χ4v) is 6.49. The van der Waals surface area contributed by atoms with E-state index in [1.54, 1.807) is 4.90 Å². The Morgan fingerprint density at radius 3 is 2.06 bits per heavy atom. The van der Waals surface area contributed by atoms with Gasteiger partial charge >= 0.3 is 18.4 Å². The number of benzene rings is 3. The SMILES string of the molecule is Cc1ccc(C[C@H]2CN(C(=O)OCc3cc(C(F)(F)F)cc(C(F)(F)F)c3)[C@H]3CN(Cc4ccccc4)C(=O)[C@H](CCCCN)N3C2=O)cc1. The molecule has 2 N–H and O–H groups in total. The molecule has 0 radical (unpaired) electrons. The van der Waals surface area contributed by atoms with E-state index in [1.165, 1.54) is 9.80 Å². The Morgan fingerprint density at radius 2 is 1.46 bits per heavy atom. The van der Waals surface area contributed by atoms with Crippen LogP contribution in [-0.2, 0) is 46.3 Å². The van der Waals surface area contributed by atoms with E-state index in [2.05, 4.69) is 0 Å². The number of nitrogens with two attached hydrogens (primary N) is 1. The van der Waals surface area contributed by atoms with Crippen LogP contribution in [0.1, 0.15) is 52.6 Å². The summed E-state index contributed by atoms with van der Waals surface area (Å²) in [6, 6.07) is 16.7. The van der Waals surface area contributed by atoms with Crippen LogP contribution in [0.15, 0.2) is 72.8 Å². The lowest BCUT2D eigenvalue weighted by molar-refractivity contribution is -0.173. The standard InChI is InChI=1S/C36H38F6N4O4/c1-23-10-12-24(13-11-23)15-27-20-45(34(49)50-22-26-16-28(35(37,38)39)18-29(17-26)36(40,41)42)31-21-44(19-25-7-3-2-4-8-25)33(48)30(9-5-6-14-43)46(31)32(27)47/h2-4,7-8,10-13,16-18,27,30-31H,5-6,9,14-15,19-22,43H2,1H3/t27-,30-,31+/m0/s1. The number of halogens is 6. The first-order valence-electron chi connectivity index (χ1n) is 16.3. The van der Waals surface area contributed by atoms with E-state index < -0.39 is 59.9 Å². The number of carbonyl (C=O) groups is 3. The molecule has 0 aromatic heterocycles. The molecule has 3 amide bonds. The van der Waals surface area contributed by atoms with Crippen LogP contribution in [0.25, 0.3) is 0 Å². The molecule has 8 nitrogen and oxygen atoms in total. The molecule has 268 valence electrons. The lowest BCUT2D eigenvalue weighted by atomic mass is 9.90. The zero-order valence-corrected chi connectivity index (χ0v) is 27.3. The predicted octanol–water partition coefficient (Wildman–Crippen LogP) is 6.54. The van der Waals surface area contributed by atoms with Crippen molar-refractivity contribution >= 4 is 17.9 Å². The molecule has 2 aliphatic rings. The molecule has 2 saturated heterocycles. The number of alkyl halides is 6. The van der Waals surface area contributed by atoms with Crippen LogP contribution >= 0.6 is 0 Å². The zero-order valence-electron chi connectivity index (χ0n) is 27.3. The van der Waals surface area contributed by atoms with Gasteiger partial charge in [0.1, 0.15) is 18.8 Å². The number of hydrogen-bond acceptors (Lipinski definition) is 5. The molecule has 0 aliphatic carbocycles. The van der Waals surface area contributed by atoms with Gasteiger partial charge in [-0.25, -0.2) is 4.79 Å². The second-order valence-corrected chi connectivity index (χ2v) is 12.7. The van der Waals surface area contributed by atoms with Crippen molar-refractivity contribution in [3.63, 3.8) is 0 Å². The van der Waals surface area contributed by atoms with Gasteiger partial charge in [0.15, 0.2) is 0 Å². The fourth-order valence-electron chi connectivity index (χ4n) is 6.49. The number of rotatable bonds is 10. The highest BCUT2D eigenvalue weighted by molar-refractivity contribution is 5.91. The molecule has 3 atom stereocenters. The summed E-state index contributed by atoms with van der Waals surface area (Å²) in [7, 11) is 0. The van der Waals surface area contributed by atoms with Crippen molar-refractivity contribution in [1.29, 1.82) is 0 Å². The first-order chi connectivity index (χ1) is 23.7. The summed E-state index contributed by atoms with van der Waals surface area (Å²) >= 11 is 0. The van der Waals surface area contributed by atoms with Crippen LogP contribution in [0.5, 0.6) is 0 Å². The number of aryl methyl sites for hydroxylation is 1. The highest BCUT2D eigenvalue weighted by Gasteiger charge is 2.52. The molecular formula is C36H38F6N4O4. The van der Waals surface area contributed by atoms with E-state index in [9.17, 15) is 40.7 Å². The summed E-state index contributed by atoms with van der Waals surface area (Å²) in [6.45, 7) is 1.34. The third-order valence-corrected chi connectivity index (χ3v) is 9.01. The van der Waals surface area contributed by atoms with Crippen LogP contribution in [-0.4, -0.2) is 64.4 Å². The molecule has 5 rings (SSSR count). The van der Waals surface area contributed by atoms with Crippen LogP contribution in [0.2, 0.25) is 0 Å². The first-order valence-corrected chi connectivity index (χ1v) is 16.3. The van der Waals surface area contributed by atoms with Crippen molar-refractivity contribution in [1.82, 2.24) is 14.7 Å². The molecule has 14 heteroatoms. The number of fused-ring (bicyclic) bond motifs is 1. The van der Waals surface area contributed by atoms with Gasteiger partial charge in [-0.2, -0.15) is 26.3 Å². The van der Waals surface area contributed by atoms with E-state index in [-0.39, 0.29) is 50.4 Å². The van der Waals surface area contributed by atoms with E-state index >= 15 is 0 Å². The zero-order chi connectivity index (χ0) is 36.2. The minimum atomic E-state index is -5.08. The summed E-state index contributed by atoms with van der Waals surface area (Å²) in [5.41, 5.74) is 4.76. The highest BCUT2D eigenvalue weighted by Crippen LogP contribution is 2.37. The Kier molecular flexibility index (Phi) is 11.1. The third kappa shape index (κ3) is 8.58. The Balaban J connectivity index is 1.48. The summed E-state index contributed by atoms with van der Waals surface area (Å²) < 4.78 is 86.4. The van der Waals surface area contributed by atoms with E-state index in [0.29, 0.717) is 31.5 Å². The third-order valence-electron chi connectivity index (χ3n) is 9.01. The lowest BCUT2D eigenvalue weighted by Gasteiger charge is -2.53. The second kappa shape index (κ2) is 15.1. The van der Waals surface area contributed by atoms with Crippen molar-refractivity contribution in [2.45, 2.75) is 70.3 Å². The van der Waals surface area contributed by atoms with Crippen LogP contribution in [0.4, 0.5) is 31.1 Å². The Morgan fingerprint density at radius 1 is 0.820 bits per heavy atom. The number of ether oxygens (including phenoxy) is 1. The number of nitrogens with zero attached hydrogens (tertiary/aromatic N) is 3.